The quantitative estimate of drug-likeness (QED) is 0.712. The number of nitrogens with zero attached hydrogens (tertiary/aromatic N) is 1. The van der Waals surface area contributed by atoms with Gasteiger partial charge in [0.25, 0.3) is 0 Å². The second kappa shape index (κ2) is 6.30. The van der Waals surface area contributed by atoms with Crippen molar-refractivity contribution in [3.63, 3.8) is 0 Å². The van der Waals surface area contributed by atoms with E-state index in [9.17, 15) is 9.18 Å². The molecular weight excluding hydrogens is 377 g/mol. The molecule has 1 heterocycles. The van der Waals surface area contributed by atoms with Crippen LogP contribution in [0.5, 0.6) is 0 Å². The summed E-state index contributed by atoms with van der Waals surface area (Å²) in [6, 6.07) is 6.29. The van der Waals surface area contributed by atoms with E-state index in [4.69, 9.17) is 9.47 Å². The molecule has 2 fully saturated rings. The first kappa shape index (κ1) is 17.7. The van der Waals surface area contributed by atoms with Crippen LogP contribution in [0.2, 0.25) is 0 Å². The van der Waals surface area contributed by atoms with Crippen LogP contribution in [0.4, 0.5) is 9.18 Å². The van der Waals surface area contributed by atoms with Gasteiger partial charge in [-0.1, -0.05) is 28.1 Å². The molecule has 1 saturated heterocycles. The van der Waals surface area contributed by atoms with Gasteiger partial charge in [0.05, 0.1) is 24.8 Å². The summed E-state index contributed by atoms with van der Waals surface area (Å²) in [7, 11) is 0. The predicted molar refractivity (Wildman–Crippen MR) is 92.6 cm³/mol. The van der Waals surface area contributed by atoms with E-state index in [1.807, 2.05) is 25.7 Å². The van der Waals surface area contributed by atoms with Gasteiger partial charge in [-0.3, -0.25) is 4.90 Å². The number of hydrogen-bond donors (Lipinski definition) is 0. The summed E-state index contributed by atoms with van der Waals surface area (Å²) in [4.78, 5) is 14.6. The number of alkyl halides is 1. The topological polar surface area (TPSA) is 38.8 Å². The number of amides is 1. The van der Waals surface area contributed by atoms with Crippen LogP contribution >= 0.6 is 15.9 Å². The van der Waals surface area contributed by atoms with Crippen LogP contribution in [0.15, 0.2) is 24.3 Å². The van der Waals surface area contributed by atoms with Crippen molar-refractivity contribution in [3.8, 4) is 0 Å². The number of carbonyl (C=O) groups is 1. The first-order valence-corrected chi connectivity index (χ1v) is 9.12. The van der Waals surface area contributed by atoms with Crippen molar-refractivity contribution in [2.24, 2.45) is 0 Å². The number of benzene rings is 1. The average molecular weight is 400 g/mol. The van der Waals surface area contributed by atoms with Crippen molar-refractivity contribution in [3.05, 3.63) is 35.6 Å². The fourth-order valence-corrected chi connectivity index (χ4v) is 4.17. The zero-order valence-electron chi connectivity index (χ0n) is 14.2. The molecule has 1 aliphatic heterocycles. The normalized spacial score (nSPS) is 29.1. The van der Waals surface area contributed by atoms with Gasteiger partial charge in [-0.05, 0) is 51.3 Å². The van der Waals surface area contributed by atoms with Gasteiger partial charge in [-0.15, -0.1) is 0 Å². The van der Waals surface area contributed by atoms with Crippen LogP contribution in [0, 0.1) is 5.82 Å². The van der Waals surface area contributed by atoms with E-state index in [0.717, 1.165) is 18.4 Å². The molecule has 0 aromatic heterocycles. The molecule has 1 spiro atoms. The third-order valence-electron chi connectivity index (χ3n) is 4.47. The van der Waals surface area contributed by atoms with Gasteiger partial charge in [0.15, 0.2) is 0 Å². The number of rotatable bonds is 3. The first-order valence-electron chi connectivity index (χ1n) is 8.20. The van der Waals surface area contributed by atoms with E-state index < -0.39 is 5.60 Å². The number of likely N-dealkylation sites (tertiary alicyclic amines) is 1. The second-order valence-electron chi connectivity index (χ2n) is 7.63. The van der Waals surface area contributed by atoms with Crippen LogP contribution < -0.4 is 0 Å². The molecule has 2 aliphatic rings. The van der Waals surface area contributed by atoms with E-state index in [1.54, 1.807) is 12.1 Å². The molecule has 4 nitrogen and oxygen atoms in total. The fourth-order valence-electron chi connectivity index (χ4n) is 3.18. The Bertz CT molecular complexity index is 616. The summed E-state index contributed by atoms with van der Waals surface area (Å²) >= 11 is 3.64. The summed E-state index contributed by atoms with van der Waals surface area (Å²) < 4.78 is 24.5. The summed E-state index contributed by atoms with van der Waals surface area (Å²) in [5.74, 6) is -0.255. The molecule has 1 aromatic carbocycles. The summed E-state index contributed by atoms with van der Waals surface area (Å²) in [6.45, 7) is 6.55. The van der Waals surface area contributed by atoms with Gasteiger partial charge < -0.3 is 9.47 Å². The van der Waals surface area contributed by atoms with Crippen molar-refractivity contribution in [1.29, 1.82) is 0 Å². The Kier molecular flexibility index (Phi) is 4.64. The van der Waals surface area contributed by atoms with Crippen molar-refractivity contribution in [2.75, 3.05) is 6.54 Å². The van der Waals surface area contributed by atoms with Gasteiger partial charge in [-0.25, -0.2) is 9.18 Å². The number of ether oxygens (including phenoxy) is 2. The van der Waals surface area contributed by atoms with Gasteiger partial charge in [-0.2, -0.15) is 0 Å². The minimum atomic E-state index is -0.512. The van der Waals surface area contributed by atoms with Gasteiger partial charge in [0, 0.05) is 4.83 Å². The van der Waals surface area contributed by atoms with Crippen LogP contribution in [0.1, 0.15) is 39.2 Å². The zero-order valence-corrected chi connectivity index (χ0v) is 15.8. The molecular formula is C18H23BrFNO3. The Balaban J connectivity index is 1.61. The molecule has 24 heavy (non-hydrogen) atoms. The highest BCUT2D eigenvalue weighted by Gasteiger charge is 2.64. The van der Waals surface area contributed by atoms with Crippen LogP contribution in [-0.4, -0.2) is 39.6 Å². The SMILES string of the molecule is CC(C)(C)OC(=O)N1CC(OCc2ccc(F)cc2)CC12CC2Br. The molecule has 0 bridgehead atoms. The van der Waals surface area contributed by atoms with E-state index in [-0.39, 0.29) is 28.4 Å². The molecule has 132 valence electrons. The lowest BCUT2D eigenvalue weighted by Gasteiger charge is -2.28. The minimum absolute atomic E-state index is 0.0369. The van der Waals surface area contributed by atoms with E-state index in [0.29, 0.717) is 13.2 Å². The molecule has 1 amide bonds. The van der Waals surface area contributed by atoms with Gasteiger partial charge in [0.1, 0.15) is 11.4 Å². The van der Waals surface area contributed by atoms with E-state index in [1.165, 1.54) is 12.1 Å². The second-order valence-corrected chi connectivity index (χ2v) is 8.74. The summed E-state index contributed by atoms with van der Waals surface area (Å²) in [5, 5.41) is 0. The molecule has 0 radical (unpaired) electrons. The van der Waals surface area contributed by atoms with Gasteiger partial charge in [0.2, 0.25) is 0 Å². The Morgan fingerprint density at radius 1 is 1.33 bits per heavy atom. The Morgan fingerprint density at radius 2 is 1.96 bits per heavy atom. The predicted octanol–water partition coefficient (Wildman–Crippen LogP) is 4.26. The minimum Gasteiger partial charge on any atom is -0.444 e. The van der Waals surface area contributed by atoms with Crippen LogP contribution in [-0.2, 0) is 16.1 Å². The van der Waals surface area contributed by atoms with Crippen LogP contribution in [0.25, 0.3) is 0 Å². The van der Waals surface area contributed by atoms with E-state index >= 15 is 0 Å². The third kappa shape index (κ3) is 3.75. The number of halogens is 2. The maximum Gasteiger partial charge on any atom is 0.410 e. The average Bonchev–Trinajstić information content (AvgIpc) is 2.95. The van der Waals surface area contributed by atoms with Gasteiger partial charge >= 0.3 is 6.09 Å². The van der Waals surface area contributed by atoms with Crippen LogP contribution in [0.3, 0.4) is 0 Å². The Labute approximate surface area is 150 Å². The highest BCUT2D eigenvalue weighted by molar-refractivity contribution is 9.09. The fraction of sp³-hybridized carbons (Fsp3) is 0.611. The molecule has 3 unspecified atom stereocenters. The maximum absolute atomic E-state index is 13.0. The molecule has 0 N–H and O–H groups in total. The number of carbonyl (C=O) groups excluding carboxylic acids is 1. The molecule has 3 rings (SSSR count). The van der Waals surface area contributed by atoms with E-state index in [2.05, 4.69) is 15.9 Å². The molecule has 1 aliphatic carbocycles. The first-order chi connectivity index (χ1) is 11.2. The Hall–Kier alpha value is -1.14. The lowest BCUT2D eigenvalue weighted by molar-refractivity contribution is 0.0138. The largest absolute Gasteiger partial charge is 0.444 e. The maximum atomic E-state index is 13.0. The zero-order chi connectivity index (χ0) is 17.5. The smallest absolute Gasteiger partial charge is 0.410 e. The summed E-state index contributed by atoms with van der Waals surface area (Å²) in [6.07, 6.45) is 1.40. The molecule has 1 aromatic rings. The number of hydrogen-bond acceptors (Lipinski definition) is 3. The third-order valence-corrected chi connectivity index (χ3v) is 5.65. The van der Waals surface area contributed by atoms with Crippen molar-refractivity contribution in [2.45, 2.75) is 62.3 Å². The van der Waals surface area contributed by atoms with Crippen molar-refractivity contribution >= 4 is 22.0 Å². The van der Waals surface area contributed by atoms with Crippen molar-refractivity contribution < 1.29 is 18.7 Å². The molecule has 6 heteroatoms. The monoisotopic (exact) mass is 399 g/mol. The highest BCUT2D eigenvalue weighted by Crippen LogP contribution is 2.55. The standard InChI is InChI=1S/C18H23BrFNO3/c1-17(2,3)24-16(22)21-10-14(8-18(21)9-15(18)19)23-11-12-4-6-13(20)7-5-12/h4-7,14-15H,8-11H2,1-3H3. The lowest BCUT2D eigenvalue weighted by Crippen LogP contribution is -2.42. The molecule has 3 atom stereocenters. The van der Waals surface area contributed by atoms with Crippen molar-refractivity contribution in [1.82, 2.24) is 4.90 Å². The molecule has 1 saturated carbocycles. The highest BCUT2D eigenvalue weighted by atomic mass is 79.9. The Morgan fingerprint density at radius 3 is 2.50 bits per heavy atom. The summed E-state index contributed by atoms with van der Waals surface area (Å²) in [5.41, 5.74) is 0.227. The lowest BCUT2D eigenvalue weighted by atomic mass is 10.1.